The molecule has 1 atom stereocenters. The molecule has 0 aliphatic carbocycles. The van der Waals surface area contributed by atoms with Gasteiger partial charge in [-0.2, -0.15) is 18.3 Å². The molecule has 1 aliphatic rings. The van der Waals surface area contributed by atoms with Gasteiger partial charge in [0.05, 0.1) is 0 Å². The van der Waals surface area contributed by atoms with Crippen molar-refractivity contribution in [2.75, 3.05) is 19.6 Å². The number of hydrogen-bond donors (Lipinski definition) is 2. The van der Waals surface area contributed by atoms with Gasteiger partial charge in [-0.1, -0.05) is 13.8 Å². The number of halogens is 3. The Kier molecular flexibility index (Phi) is 5.50. The number of aromatic amines is 1. The summed E-state index contributed by atoms with van der Waals surface area (Å²) in [5.41, 5.74) is -0.547. The summed E-state index contributed by atoms with van der Waals surface area (Å²) in [7, 11) is 0. The summed E-state index contributed by atoms with van der Waals surface area (Å²) in [5.74, 6) is 0.401. The molecule has 4 nitrogen and oxygen atoms in total. The Morgan fingerprint density at radius 2 is 1.91 bits per heavy atom. The molecule has 0 saturated carbocycles. The van der Waals surface area contributed by atoms with Crippen molar-refractivity contribution in [1.82, 2.24) is 20.4 Å². The molecule has 0 amide bonds. The Hall–Kier alpha value is -1.08. The second-order valence-corrected chi connectivity index (χ2v) is 6.43. The van der Waals surface area contributed by atoms with Gasteiger partial charge in [-0.05, 0) is 38.8 Å². The lowest BCUT2D eigenvalue weighted by molar-refractivity contribution is -0.142. The lowest BCUT2D eigenvalue weighted by Gasteiger charge is -2.40. The topological polar surface area (TPSA) is 44.0 Å². The lowest BCUT2D eigenvalue weighted by atomic mass is 9.98. The first-order valence-corrected chi connectivity index (χ1v) is 7.88. The minimum atomic E-state index is -4.42. The third kappa shape index (κ3) is 4.01. The first kappa shape index (κ1) is 17.3. The van der Waals surface area contributed by atoms with Crippen LogP contribution >= 0.6 is 0 Å². The van der Waals surface area contributed by atoms with Crippen LogP contribution in [0.4, 0.5) is 13.2 Å². The number of nitrogens with zero attached hydrogens (tertiary/aromatic N) is 2. The number of H-pyrrole nitrogens is 1. The smallest absolute Gasteiger partial charge is 0.317 e. The number of piperidine rings is 1. The van der Waals surface area contributed by atoms with Crippen molar-refractivity contribution in [2.24, 2.45) is 5.92 Å². The summed E-state index contributed by atoms with van der Waals surface area (Å²) in [6.45, 7) is 8.67. The second kappa shape index (κ2) is 7.00. The quantitative estimate of drug-likeness (QED) is 0.876. The molecule has 1 unspecified atom stereocenters. The number of nitrogens with one attached hydrogen (secondary N) is 2. The molecular weight excluding hydrogens is 293 g/mol. The van der Waals surface area contributed by atoms with Crippen molar-refractivity contribution >= 4 is 0 Å². The molecule has 0 aromatic carbocycles. The minimum absolute atomic E-state index is 0.242. The van der Waals surface area contributed by atoms with Crippen molar-refractivity contribution in [3.8, 4) is 0 Å². The average Bonchev–Trinajstić information content (AvgIpc) is 2.94. The van der Waals surface area contributed by atoms with Gasteiger partial charge in [0.15, 0.2) is 5.69 Å². The van der Waals surface area contributed by atoms with Gasteiger partial charge < -0.3 is 5.32 Å². The Morgan fingerprint density at radius 3 is 2.45 bits per heavy atom. The number of rotatable bonds is 5. The van der Waals surface area contributed by atoms with Crippen LogP contribution in [-0.2, 0) is 6.18 Å². The molecule has 2 heterocycles. The van der Waals surface area contributed by atoms with Crippen molar-refractivity contribution in [3.05, 3.63) is 17.5 Å². The third-order valence-electron chi connectivity index (χ3n) is 4.24. The predicted octanol–water partition coefficient (Wildman–Crippen LogP) is 3.20. The molecule has 1 saturated heterocycles. The van der Waals surface area contributed by atoms with E-state index in [9.17, 15) is 13.2 Å². The first-order valence-electron chi connectivity index (χ1n) is 7.88. The van der Waals surface area contributed by atoms with Crippen LogP contribution in [0, 0.1) is 5.92 Å². The van der Waals surface area contributed by atoms with E-state index < -0.39 is 11.9 Å². The standard InChI is InChI=1S/C15H25F3N4/c1-10(2)9-22(12-4-6-19-7-5-12)11(3)13-8-20-21-14(13)15(16,17)18/h8,10-12,19H,4-7,9H2,1-3H3,(H,20,21). The molecule has 0 spiro atoms. The molecule has 0 bridgehead atoms. The second-order valence-electron chi connectivity index (χ2n) is 6.43. The van der Waals surface area contributed by atoms with Gasteiger partial charge in [-0.25, -0.2) is 0 Å². The van der Waals surface area contributed by atoms with Crippen molar-refractivity contribution in [3.63, 3.8) is 0 Å². The van der Waals surface area contributed by atoms with Crippen LogP contribution in [0.5, 0.6) is 0 Å². The minimum Gasteiger partial charge on any atom is -0.317 e. The van der Waals surface area contributed by atoms with E-state index in [0.717, 1.165) is 32.5 Å². The summed E-state index contributed by atoms with van der Waals surface area (Å²) < 4.78 is 39.3. The molecule has 2 rings (SSSR count). The molecule has 1 aromatic rings. The molecule has 7 heteroatoms. The van der Waals surface area contributed by atoms with Gasteiger partial charge in [0.2, 0.25) is 0 Å². The molecule has 1 aromatic heterocycles. The zero-order chi connectivity index (χ0) is 16.3. The predicted molar refractivity (Wildman–Crippen MR) is 79.4 cm³/mol. The zero-order valence-electron chi connectivity index (χ0n) is 13.4. The van der Waals surface area contributed by atoms with Crippen LogP contribution in [0.15, 0.2) is 6.20 Å². The lowest BCUT2D eigenvalue weighted by Crippen LogP contribution is -2.45. The highest BCUT2D eigenvalue weighted by Gasteiger charge is 2.39. The summed E-state index contributed by atoms with van der Waals surface area (Å²) in [6, 6.07) is 0.00973. The fourth-order valence-electron chi connectivity index (χ4n) is 3.21. The van der Waals surface area contributed by atoms with Gasteiger partial charge in [0.25, 0.3) is 0 Å². The molecule has 2 N–H and O–H groups in total. The fourth-order valence-corrected chi connectivity index (χ4v) is 3.21. The molecule has 1 fully saturated rings. The van der Waals surface area contributed by atoms with E-state index in [-0.39, 0.29) is 11.6 Å². The number of aromatic nitrogens is 2. The molecule has 22 heavy (non-hydrogen) atoms. The highest BCUT2D eigenvalue weighted by Crippen LogP contribution is 2.36. The number of alkyl halides is 3. The fraction of sp³-hybridized carbons (Fsp3) is 0.800. The van der Waals surface area contributed by atoms with E-state index in [1.807, 2.05) is 6.92 Å². The first-order chi connectivity index (χ1) is 10.3. The van der Waals surface area contributed by atoms with Crippen LogP contribution in [0.1, 0.15) is 50.9 Å². The highest BCUT2D eigenvalue weighted by atomic mass is 19.4. The van der Waals surface area contributed by atoms with Crippen LogP contribution in [0.25, 0.3) is 0 Å². The Bertz CT molecular complexity index is 464. The van der Waals surface area contributed by atoms with Gasteiger partial charge in [-0.15, -0.1) is 0 Å². The maximum atomic E-state index is 13.1. The Labute approximate surface area is 129 Å². The normalized spacial score (nSPS) is 19.1. The summed E-state index contributed by atoms with van der Waals surface area (Å²) in [6.07, 6.45) is -1.09. The van der Waals surface area contributed by atoms with Crippen molar-refractivity contribution in [1.29, 1.82) is 0 Å². The zero-order valence-corrected chi connectivity index (χ0v) is 13.4. The van der Waals surface area contributed by atoms with E-state index >= 15 is 0 Å². The molecule has 1 aliphatic heterocycles. The molecular formula is C15H25F3N4. The summed E-state index contributed by atoms with van der Waals surface area (Å²) >= 11 is 0. The largest absolute Gasteiger partial charge is 0.435 e. The van der Waals surface area contributed by atoms with Gasteiger partial charge in [0, 0.05) is 30.4 Å². The van der Waals surface area contributed by atoms with Gasteiger partial charge >= 0.3 is 6.18 Å². The van der Waals surface area contributed by atoms with Crippen LogP contribution in [-0.4, -0.2) is 40.8 Å². The molecule has 126 valence electrons. The SMILES string of the molecule is CC(C)CN(C1CCNCC1)C(C)c1c[nH]nc1C(F)(F)F. The van der Waals surface area contributed by atoms with Crippen molar-refractivity contribution in [2.45, 2.75) is 51.9 Å². The van der Waals surface area contributed by atoms with E-state index in [4.69, 9.17) is 0 Å². The maximum Gasteiger partial charge on any atom is 0.435 e. The van der Waals surface area contributed by atoms with Gasteiger partial charge in [0.1, 0.15) is 0 Å². The average molecular weight is 318 g/mol. The highest BCUT2D eigenvalue weighted by molar-refractivity contribution is 5.23. The van der Waals surface area contributed by atoms with Crippen molar-refractivity contribution < 1.29 is 13.2 Å². The van der Waals surface area contributed by atoms with E-state index in [2.05, 4.69) is 34.3 Å². The van der Waals surface area contributed by atoms with E-state index in [0.29, 0.717) is 12.0 Å². The van der Waals surface area contributed by atoms with Crippen LogP contribution in [0.3, 0.4) is 0 Å². The van der Waals surface area contributed by atoms with E-state index in [1.165, 1.54) is 6.20 Å². The summed E-state index contributed by atoms with van der Waals surface area (Å²) in [4.78, 5) is 2.21. The van der Waals surface area contributed by atoms with Crippen LogP contribution in [0.2, 0.25) is 0 Å². The Balaban J connectivity index is 2.25. The third-order valence-corrected chi connectivity index (χ3v) is 4.24. The molecule has 0 radical (unpaired) electrons. The maximum absolute atomic E-state index is 13.1. The van der Waals surface area contributed by atoms with Crippen LogP contribution < -0.4 is 5.32 Å². The number of hydrogen-bond acceptors (Lipinski definition) is 3. The van der Waals surface area contributed by atoms with E-state index in [1.54, 1.807) is 0 Å². The summed E-state index contributed by atoms with van der Waals surface area (Å²) in [5, 5.41) is 9.12. The monoisotopic (exact) mass is 318 g/mol. The van der Waals surface area contributed by atoms with Gasteiger partial charge in [-0.3, -0.25) is 10.00 Å². The Morgan fingerprint density at radius 1 is 1.27 bits per heavy atom.